The Morgan fingerprint density at radius 2 is 1.65 bits per heavy atom. The molecule has 3 amide bonds. The zero-order chi connectivity index (χ0) is 37.7. The van der Waals surface area contributed by atoms with Gasteiger partial charge in [-0.3, -0.25) is 14.4 Å². The van der Waals surface area contributed by atoms with Crippen LogP contribution in [0.1, 0.15) is 65.8 Å². The van der Waals surface area contributed by atoms with Gasteiger partial charge < -0.3 is 15.5 Å². The highest BCUT2D eigenvalue weighted by molar-refractivity contribution is 7.20. The van der Waals surface area contributed by atoms with Crippen LogP contribution in [0.3, 0.4) is 0 Å². The number of hydrogen-bond acceptors (Lipinski definition) is 6. The number of hydrogen-bond donors (Lipinski definition) is 4. The molecule has 4 aromatic carbocycles. The van der Waals surface area contributed by atoms with Crippen molar-refractivity contribution in [3.05, 3.63) is 154 Å². The summed E-state index contributed by atoms with van der Waals surface area (Å²) < 4.78 is 13.2. The van der Waals surface area contributed by atoms with Crippen molar-refractivity contribution < 1.29 is 29.5 Å². The Labute approximate surface area is 307 Å². The molecule has 0 aliphatic carbocycles. The van der Waals surface area contributed by atoms with Crippen LogP contribution >= 0.6 is 11.3 Å². The molecule has 0 radical (unpaired) electrons. The number of quaternary nitrogens is 1. The zero-order valence-electron chi connectivity index (χ0n) is 30.0. The summed E-state index contributed by atoms with van der Waals surface area (Å²) in [7, 11) is 1.68. The molecule has 5 rings (SSSR count). The van der Waals surface area contributed by atoms with Crippen molar-refractivity contribution in [1.82, 2.24) is 15.2 Å². The van der Waals surface area contributed by atoms with Crippen LogP contribution in [-0.4, -0.2) is 40.4 Å². The van der Waals surface area contributed by atoms with E-state index in [1.165, 1.54) is 40.1 Å². The molecule has 270 valence electrons. The largest absolute Gasteiger partial charge is 0.344 e. The molecule has 0 spiro atoms. The van der Waals surface area contributed by atoms with E-state index >= 15 is 0 Å². The molecular formula is C41H45FN5O4S+. The lowest BCUT2D eigenvalue weighted by atomic mass is 9.86. The number of rotatable bonds is 12. The first-order valence-electron chi connectivity index (χ1n) is 16.8. The third-order valence-electron chi connectivity index (χ3n) is 8.01. The van der Waals surface area contributed by atoms with Gasteiger partial charge in [0.25, 0.3) is 11.8 Å². The van der Waals surface area contributed by atoms with Crippen molar-refractivity contribution >= 4 is 45.5 Å². The zero-order valence-corrected chi connectivity index (χ0v) is 30.8. The Morgan fingerprint density at radius 1 is 0.981 bits per heavy atom. The Balaban J connectivity index is 0.000000427. The van der Waals surface area contributed by atoms with Crippen LogP contribution in [0, 0.1) is 5.82 Å². The number of halogens is 1. The molecule has 0 bridgehead atoms. The number of hydroxylamine groups is 1. The molecule has 1 aromatic heterocycles. The number of nitrogens with two attached hydrogens (primary N) is 1. The van der Waals surface area contributed by atoms with Gasteiger partial charge in [0.05, 0.1) is 16.3 Å². The van der Waals surface area contributed by atoms with Crippen molar-refractivity contribution in [3.8, 4) is 0 Å². The molecule has 1 atom stereocenters. The number of thiazole rings is 1. The van der Waals surface area contributed by atoms with Crippen molar-refractivity contribution in [2.75, 3.05) is 12.4 Å². The van der Waals surface area contributed by atoms with Crippen LogP contribution in [0.25, 0.3) is 10.2 Å². The van der Waals surface area contributed by atoms with E-state index in [1.807, 2.05) is 55.5 Å². The van der Waals surface area contributed by atoms with Gasteiger partial charge in [-0.05, 0) is 77.1 Å². The fourth-order valence-corrected chi connectivity index (χ4v) is 6.00. The summed E-state index contributed by atoms with van der Waals surface area (Å²) in [5, 5.41) is 15.4. The van der Waals surface area contributed by atoms with Gasteiger partial charge in [-0.25, -0.2) is 14.6 Å². The molecule has 11 heteroatoms. The second-order valence-corrected chi connectivity index (χ2v) is 14.3. The molecule has 1 heterocycles. The number of fused-ring (bicyclic) bond motifs is 1. The first-order valence-corrected chi connectivity index (χ1v) is 17.6. The number of aromatic nitrogens is 1. The highest BCUT2D eigenvalue weighted by atomic mass is 32.1. The van der Waals surface area contributed by atoms with E-state index in [-0.39, 0.29) is 29.1 Å². The minimum absolute atomic E-state index is 0.0459. The van der Waals surface area contributed by atoms with E-state index in [1.54, 1.807) is 43.5 Å². The quantitative estimate of drug-likeness (QED) is 0.0474. The monoisotopic (exact) mass is 722 g/mol. The lowest BCUT2D eigenvalue weighted by Crippen LogP contribution is -2.73. The van der Waals surface area contributed by atoms with Gasteiger partial charge in [0.1, 0.15) is 12.0 Å². The molecule has 0 aliphatic heterocycles. The molecule has 0 saturated carbocycles. The van der Waals surface area contributed by atoms with Gasteiger partial charge in [-0.2, -0.15) is 5.48 Å². The van der Waals surface area contributed by atoms with E-state index in [4.69, 9.17) is 5.21 Å². The third-order valence-corrected chi connectivity index (χ3v) is 9.03. The van der Waals surface area contributed by atoms with Crippen LogP contribution < -0.4 is 16.1 Å². The summed E-state index contributed by atoms with van der Waals surface area (Å²) in [6.45, 7) is 8.95. The number of amides is 3. The number of nitrogens with one attached hydrogen (secondary N) is 2. The SMILES string of the molecule is CC(NC(=O)c1nc2ccc(NC(=O)/C(=C/C=C\[NH2+]O)Cc3ccc(C(C)(C)C)cc3)cc2s1)c1ccccc1.CN(C=O)Cc1ccc(F)cc1. The van der Waals surface area contributed by atoms with Crippen molar-refractivity contribution in [1.29, 1.82) is 0 Å². The fraction of sp³-hybridized carbons (Fsp3) is 0.220. The van der Waals surface area contributed by atoms with Crippen molar-refractivity contribution in [3.63, 3.8) is 0 Å². The predicted molar refractivity (Wildman–Crippen MR) is 204 cm³/mol. The van der Waals surface area contributed by atoms with Gasteiger partial charge in [-0.15, -0.1) is 11.3 Å². The smallest absolute Gasteiger partial charge is 0.280 e. The highest BCUT2D eigenvalue weighted by Crippen LogP contribution is 2.27. The van der Waals surface area contributed by atoms with E-state index in [9.17, 15) is 18.8 Å². The third kappa shape index (κ3) is 11.8. The van der Waals surface area contributed by atoms with Gasteiger partial charge >= 0.3 is 0 Å². The summed E-state index contributed by atoms with van der Waals surface area (Å²) >= 11 is 1.28. The van der Waals surface area contributed by atoms with Crippen LogP contribution in [-0.2, 0) is 28.0 Å². The molecular weight excluding hydrogens is 678 g/mol. The van der Waals surface area contributed by atoms with Gasteiger partial charge in [0, 0.05) is 31.3 Å². The minimum atomic E-state index is -0.257. The van der Waals surface area contributed by atoms with Crippen molar-refractivity contribution in [2.45, 2.75) is 52.1 Å². The number of carbonyl (C=O) groups is 3. The van der Waals surface area contributed by atoms with E-state index in [0.717, 1.165) is 33.3 Å². The summed E-state index contributed by atoms with van der Waals surface area (Å²) in [5.41, 5.74) is 6.99. The number of allylic oxidation sites excluding steroid dienone is 2. The second kappa shape index (κ2) is 18.7. The maximum absolute atomic E-state index is 13.3. The summed E-state index contributed by atoms with van der Waals surface area (Å²) in [4.78, 5) is 42.4. The number of anilines is 1. The first kappa shape index (κ1) is 39.3. The standard InChI is InChI=1S/C32H34N4O3S.C9H10FNO/c1-21(23-9-6-5-7-10-23)34-30(38)31-36-27-17-16-26(20-28(27)40-31)35-29(37)24(11-8-18-33-39)19-22-12-14-25(15-13-22)32(2,3)4;1-11(7-12)6-8-2-4-9(10)5-3-8/h5-18,20-21,33,39H,19H2,1-4H3,(H,34,38)(H,35,37);2-5,7H,6H2,1H3/p+1/b18-8-,24-11+;. The number of benzene rings is 4. The Bertz CT molecular complexity index is 2000. The lowest BCUT2D eigenvalue weighted by molar-refractivity contribution is -0.838. The normalized spacial score (nSPS) is 12.2. The molecule has 0 aliphatic rings. The van der Waals surface area contributed by atoms with Crippen LogP contribution in [0.5, 0.6) is 0 Å². The van der Waals surface area contributed by atoms with Gasteiger partial charge in [0.2, 0.25) is 6.41 Å². The van der Waals surface area contributed by atoms with E-state index in [0.29, 0.717) is 34.8 Å². The van der Waals surface area contributed by atoms with E-state index < -0.39 is 0 Å². The molecule has 0 saturated heterocycles. The highest BCUT2D eigenvalue weighted by Gasteiger charge is 2.18. The Hall–Kier alpha value is -5.49. The number of nitrogens with zero attached hydrogens (tertiary/aromatic N) is 2. The Kier molecular flexibility index (Phi) is 14.1. The minimum Gasteiger partial charge on any atom is -0.344 e. The molecule has 9 nitrogen and oxygen atoms in total. The van der Waals surface area contributed by atoms with E-state index in [2.05, 4.69) is 48.5 Å². The summed E-state index contributed by atoms with van der Waals surface area (Å²) in [5.74, 6) is -0.744. The topological polar surface area (TPSA) is 128 Å². The maximum Gasteiger partial charge on any atom is 0.280 e. The van der Waals surface area contributed by atoms with Crippen LogP contribution in [0.2, 0.25) is 0 Å². The fourth-order valence-electron chi connectivity index (χ4n) is 5.09. The Morgan fingerprint density at radius 3 is 2.29 bits per heavy atom. The maximum atomic E-state index is 13.3. The molecule has 0 fully saturated rings. The molecule has 5 N–H and O–H groups in total. The molecule has 5 aromatic rings. The number of carbonyl (C=O) groups excluding carboxylic acids is 3. The molecule has 52 heavy (non-hydrogen) atoms. The predicted octanol–water partition coefficient (Wildman–Crippen LogP) is 7.07. The average Bonchev–Trinajstić information content (AvgIpc) is 3.56. The van der Waals surface area contributed by atoms with Crippen LogP contribution in [0.4, 0.5) is 10.1 Å². The molecule has 1 unspecified atom stereocenters. The van der Waals surface area contributed by atoms with Crippen molar-refractivity contribution in [2.24, 2.45) is 0 Å². The summed E-state index contributed by atoms with van der Waals surface area (Å²) in [6, 6.07) is 29.4. The first-order chi connectivity index (χ1) is 24.9. The lowest BCUT2D eigenvalue weighted by Gasteiger charge is -2.19. The van der Waals surface area contributed by atoms with Gasteiger partial charge in [0.15, 0.2) is 5.01 Å². The second-order valence-electron chi connectivity index (χ2n) is 13.3. The average molecular weight is 723 g/mol. The van der Waals surface area contributed by atoms with Gasteiger partial charge in [-0.1, -0.05) is 87.5 Å². The van der Waals surface area contributed by atoms with Crippen LogP contribution in [0.15, 0.2) is 121 Å². The summed E-state index contributed by atoms with van der Waals surface area (Å²) in [6.07, 6.45) is 5.96.